The Bertz CT molecular complexity index is 1110. The van der Waals surface area contributed by atoms with Crippen molar-refractivity contribution in [3.05, 3.63) is 64.5 Å². The SMILES string of the molecule is CC(C)Cn1c(S[C@H](C)C(=O)Nc2ccc(F)c(F)c2)nc2ccccc2c1=O. The minimum absolute atomic E-state index is 0.153. The smallest absolute Gasteiger partial charge is 0.262 e. The number of nitrogens with zero attached hydrogens (tertiary/aromatic N) is 2. The zero-order valence-electron chi connectivity index (χ0n) is 16.3. The van der Waals surface area contributed by atoms with Crippen LogP contribution in [-0.2, 0) is 11.3 Å². The third-order valence-corrected chi connectivity index (χ3v) is 5.30. The summed E-state index contributed by atoms with van der Waals surface area (Å²) in [4.78, 5) is 30.0. The van der Waals surface area contributed by atoms with Gasteiger partial charge in [0.2, 0.25) is 5.91 Å². The molecule has 0 spiro atoms. The van der Waals surface area contributed by atoms with E-state index in [9.17, 15) is 18.4 Å². The summed E-state index contributed by atoms with van der Waals surface area (Å²) >= 11 is 1.15. The molecule has 0 aliphatic carbocycles. The van der Waals surface area contributed by atoms with Crippen LogP contribution < -0.4 is 10.9 Å². The highest BCUT2D eigenvalue weighted by Gasteiger charge is 2.20. The van der Waals surface area contributed by atoms with Crippen molar-refractivity contribution < 1.29 is 13.6 Å². The van der Waals surface area contributed by atoms with Gasteiger partial charge < -0.3 is 5.32 Å². The summed E-state index contributed by atoms with van der Waals surface area (Å²) in [6.07, 6.45) is 0. The average molecular weight is 417 g/mol. The van der Waals surface area contributed by atoms with Crippen LogP contribution in [0.3, 0.4) is 0 Å². The number of benzene rings is 2. The van der Waals surface area contributed by atoms with Crippen molar-refractivity contribution in [2.24, 2.45) is 5.92 Å². The van der Waals surface area contributed by atoms with Crippen LogP contribution in [0.15, 0.2) is 52.4 Å². The normalized spacial score (nSPS) is 12.3. The van der Waals surface area contributed by atoms with Gasteiger partial charge in [-0.15, -0.1) is 0 Å². The molecule has 1 N–H and O–H groups in total. The van der Waals surface area contributed by atoms with Gasteiger partial charge in [0.05, 0.1) is 16.2 Å². The first kappa shape index (κ1) is 21.0. The van der Waals surface area contributed by atoms with Crippen molar-refractivity contribution in [1.29, 1.82) is 0 Å². The number of para-hydroxylation sites is 1. The molecule has 1 heterocycles. The largest absolute Gasteiger partial charge is 0.325 e. The first-order valence-electron chi connectivity index (χ1n) is 9.18. The summed E-state index contributed by atoms with van der Waals surface area (Å²) in [6.45, 7) is 6.13. The Morgan fingerprint density at radius 3 is 2.55 bits per heavy atom. The molecule has 0 unspecified atom stereocenters. The lowest BCUT2D eigenvalue weighted by Gasteiger charge is -2.17. The molecule has 5 nitrogen and oxygen atoms in total. The van der Waals surface area contributed by atoms with Crippen LogP contribution >= 0.6 is 11.8 Å². The molecule has 0 fully saturated rings. The zero-order chi connectivity index (χ0) is 21.1. The number of thioether (sulfide) groups is 1. The number of anilines is 1. The van der Waals surface area contributed by atoms with Gasteiger partial charge in [-0.05, 0) is 37.1 Å². The summed E-state index contributed by atoms with van der Waals surface area (Å²) < 4.78 is 28.0. The van der Waals surface area contributed by atoms with Crippen LogP contribution in [0.2, 0.25) is 0 Å². The number of fused-ring (bicyclic) bond motifs is 1. The molecule has 3 aromatic rings. The Hall–Kier alpha value is -2.74. The molecule has 1 atom stereocenters. The van der Waals surface area contributed by atoms with E-state index in [4.69, 9.17) is 0 Å². The molecule has 0 saturated carbocycles. The van der Waals surface area contributed by atoms with Crippen LogP contribution in [0.1, 0.15) is 20.8 Å². The maximum Gasteiger partial charge on any atom is 0.262 e. The number of halogens is 2. The van der Waals surface area contributed by atoms with Gasteiger partial charge in [0, 0.05) is 18.3 Å². The second kappa shape index (κ2) is 8.73. The molecule has 1 aromatic heterocycles. The second-order valence-electron chi connectivity index (χ2n) is 7.10. The average Bonchev–Trinajstić information content (AvgIpc) is 2.67. The number of aromatic nitrogens is 2. The lowest BCUT2D eigenvalue weighted by atomic mass is 10.2. The Labute approximate surface area is 171 Å². The molecule has 152 valence electrons. The first-order valence-corrected chi connectivity index (χ1v) is 10.1. The van der Waals surface area contributed by atoms with E-state index in [1.807, 2.05) is 13.8 Å². The van der Waals surface area contributed by atoms with Crippen LogP contribution in [0.25, 0.3) is 10.9 Å². The van der Waals surface area contributed by atoms with Gasteiger partial charge in [-0.25, -0.2) is 13.8 Å². The first-order chi connectivity index (χ1) is 13.8. The van der Waals surface area contributed by atoms with Gasteiger partial charge in [0.1, 0.15) is 0 Å². The molecule has 1 amide bonds. The number of amides is 1. The van der Waals surface area contributed by atoms with Crippen molar-refractivity contribution in [1.82, 2.24) is 9.55 Å². The number of hydrogen-bond donors (Lipinski definition) is 1. The molecular weight excluding hydrogens is 396 g/mol. The minimum Gasteiger partial charge on any atom is -0.325 e. The molecule has 0 saturated heterocycles. The summed E-state index contributed by atoms with van der Waals surface area (Å²) in [7, 11) is 0. The van der Waals surface area contributed by atoms with E-state index in [1.165, 1.54) is 6.07 Å². The van der Waals surface area contributed by atoms with Gasteiger partial charge in [0.15, 0.2) is 16.8 Å². The second-order valence-corrected chi connectivity index (χ2v) is 8.41. The van der Waals surface area contributed by atoms with E-state index >= 15 is 0 Å². The van der Waals surface area contributed by atoms with Gasteiger partial charge in [0.25, 0.3) is 5.56 Å². The molecule has 0 aliphatic rings. The fraction of sp³-hybridized carbons (Fsp3) is 0.286. The summed E-state index contributed by atoms with van der Waals surface area (Å²) in [5, 5.41) is 2.91. The highest BCUT2D eigenvalue weighted by molar-refractivity contribution is 8.00. The lowest BCUT2D eigenvalue weighted by molar-refractivity contribution is -0.115. The topological polar surface area (TPSA) is 64.0 Å². The summed E-state index contributed by atoms with van der Waals surface area (Å²) in [5.74, 6) is -2.21. The van der Waals surface area contributed by atoms with E-state index in [-0.39, 0.29) is 17.2 Å². The third kappa shape index (κ3) is 4.82. The molecule has 29 heavy (non-hydrogen) atoms. The summed E-state index contributed by atoms with van der Waals surface area (Å²) in [6, 6.07) is 10.2. The van der Waals surface area contributed by atoms with Crippen molar-refractivity contribution in [3.63, 3.8) is 0 Å². The maximum atomic E-state index is 13.4. The maximum absolute atomic E-state index is 13.4. The molecule has 0 bridgehead atoms. The number of rotatable bonds is 6. The van der Waals surface area contributed by atoms with Gasteiger partial charge >= 0.3 is 0 Å². The van der Waals surface area contributed by atoms with Crippen molar-refractivity contribution in [2.75, 3.05) is 5.32 Å². The van der Waals surface area contributed by atoms with E-state index in [2.05, 4.69) is 10.3 Å². The molecule has 0 radical (unpaired) electrons. The van der Waals surface area contributed by atoms with Gasteiger partial charge in [-0.2, -0.15) is 0 Å². The van der Waals surface area contributed by atoms with E-state index in [0.29, 0.717) is 22.6 Å². The lowest BCUT2D eigenvalue weighted by Crippen LogP contribution is -2.28. The number of nitrogens with one attached hydrogen (secondary N) is 1. The van der Waals surface area contributed by atoms with Crippen molar-refractivity contribution in [3.8, 4) is 0 Å². The molecule has 3 rings (SSSR count). The Morgan fingerprint density at radius 2 is 1.86 bits per heavy atom. The van der Waals surface area contributed by atoms with Crippen molar-refractivity contribution in [2.45, 2.75) is 37.7 Å². The highest BCUT2D eigenvalue weighted by atomic mass is 32.2. The predicted molar refractivity (Wildman–Crippen MR) is 111 cm³/mol. The van der Waals surface area contributed by atoms with Crippen molar-refractivity contribution >= 4 is 34.3 Å². The zero-order valence-corrected chi connectivity index (χ0v) is 17.1. The number of carbonyl (C=O) groups excluding carboxylic acids is 1. The predicted octanol–water partition coefficient (Wildman–Crippen LogP) is 4.45. The van der Waals surface area contributed by atoms with E-state index < -0.39 is 22.8 Å². The number of carbonyl (C=O) groups is 1. The Morgan fingerprint density at radius 1 is 1.14 bits per heavy atom. The van der Waals surface area contributed by atoms with Crippen LogP contribution in [0, 0.1) is 17.6 Å². The Balaban J connectivity index is 1.88. The van der Waals surface area contributed by atoms with Crippen LogP contribution in [-0.4, -0.2) is 20.7 Å². The van der Waals surface area contributed by atoms with E-state index in [1.54, 1.807) is 35.8 Å². The quantitative estimate of drug-likeness (QED) is 0.475. The Kier molecular flexibility index (Phi) is 6.32. The van der Waals surface area contributed by atoms with Crippen LogP contribution in [0.4, 0.5) is 14.5 Å². The highest BCUT2D eigenvalue weighted by Crippen LogP contribution is 2.24. The third-order valence-electron chi connectivity index (χ3n) is 4.21. The molecule has 2 aromatic carbocycles. The van der Waals surface area contributed by atoms with E-state index in [0.717, 1.165) is 23.9 Å². The monoisotopic (exact) mass is 417 g/mol. The molecular formula is C21H21F2N3O2S. The van der Waals surface area contributed by atoms with Gasteiger partial charge in [-0.1, -0.05) is 37.7 Å². The number of hydrogen-bond acceptors (Lipinski definition) is 4. The minimum atomic E-state index is -1.04. The van der Waals surface area contributed by atoms with Crippen LogP contribution in [0.5, 0.6) is 0 Å². The molecule has 8 heteroatoms. The fourth-order valence-electron chi connectivity index (χ4n) is 2.79. The summed E-state index contributed by atoms with van der Waals surface area (Å²) in [5.41, 5.74) is 0.570. The standard InChI is InChI=1S/C21H21F2N3O2S/c1-12(2)11-26-20(28)15-6-4-5-7-18(15)25-21(26)29-13(3)19(27)24-14-8-9-16(22)17(23)10-14/h4-10,12-13H,11H2,1-3H3,(H,24,27)/t13-/m1/s1. The van der Waals surface area contributed by atoms with Gasteiger partial charge in [-0.3, -0.25) is 14.2 Å². The fourth-order valence-corrected chi connectivity index (χ4v) is 3.71. The molecule has 0 aliphatic heterocycles.